The van der Waals surface area contributed by atoms with Gasteiger partial charge in [-0.15, -0.1) is 0 Å². The van der Waals surface area contributed by atoms with Gasteiger partial charge in [0.1, 0.15) is 6.04 Å². The first-order valence-electron chi connectivity index (χ1n) is 8.61. The second kappa shape index (κ2) is 10.0. The number of halogens is 1. The van der Waals surface area contributed by atoms with E-state index in [0.29, 0.717) is 29.5 Å². The number of carbonyl (C=O) groups excluding carboxylic acids is 2. The highest BCUT2D eigenvalue weighted by Crippen LogP contribution is 2.24. The van der Waals surface area contributed by atoms with Crippen molar-refractivity contribution in [1.82, 2.24) is 10.6 Å². The van der Waals surface area contributed by atoms with Gasteiger partial charge in [-0.2, -0.15) is 11.8 Å². The van der Waals surface area contributed by atoms with Crippen molar-refractivity contribution < 1.29 is 9.59 Å². The zero-order valence-electron chi connectivity index (χ0n) is 14.5. The summed E-state index contributed by atoms with van der Waals surface area (Å²) < 4.78 is 0. The number of hydrogen-bond donors (Lipinski definition) is 3. The third kappa shape index (κ3) is 5.62. The van der Waals surface area contributed by atoms with Crippen LogP contribution in [0.4, 0.5) is 0 Å². The van der Waals surface area contributed by atoms with Crippen molar-refractivity contribution in [3.05, 3.63) is 34.9 Å². The summed E-state index contributed by atoms with van der Waals surface area (Å²) in [6, 6.07) is 6.37. The maximum Gasteiger partial charge on any atom is 0.253 e. The monoisotopic (exact) mass is 383 g/mol. The summed E-state index contributed by atoms with van der Waals surface area (Å²) >= 11 is 7.73. The van der Waals surface area contributed by atoms with Crippen LogP contribution < -0.4 is 16.4 Å². The van der Waals surface area contributed by atoms with E-state index in [0.717, 1.165) is 25.0 Å². The molecule has 0 aliphatic heterocycles. The van der Waals surface area contributed by atoms with E-state index >= 15 is 0 Å². The Morgan fingerprint density at radius 1 is 1.36 bits per heavy atom. The van der Waals surface area contributed by atoms with Crippen molar-refractivity contribution >= 4 is 35.2 Å². The molecular weight excluding hydrogens is 358 g/mol. The fourth-order valence-electron chi connectivity index (χ4n) is 3.18. The van der Waals surface area contributed by atoms with Crippen LogP contribution in [0.15, 0.2) is 24.3 Å². The van der Waals surface area contributed by atoms with Crippen LogP contribution in [0.25, 0.3) is 0 Å². The van der Waals surface area contributed by atoms with Gasteiger partial charge in [0.2, 0.25) is 5.91 Å². The summed E-state index contributed by atoms with van der Waals surface area (Å²) in [5.41, 5.74) is 6.17. The summed E-state index contributed by atoms with van der Waals surface area (Å²) in [5.74, 6) is 0.643. The van der Waals surface area contributed by atoms with Crippen molar-refractivity contribution in [2.24, 2.45) is 11.7 Å². The second-order valence-electron chi connectivity index (χ2n) is 6.33. The Morgan fingerprint density at radius 2 is 2.12 bits per heavy atom. The molecule has 1 fully saturated rings. The molecule has 0 heterocycles. The molecule has 0 bridgehead atoms. The molecule has 0 spiro atoms. The Hall–Kier alpha value is -1.24. The van der Waals surface area contributed by atoms with E-state index < -0.39 is 6.04 Å². The minimum Gasteiger partial charge on any atom is -0.351 e. The lowest BCUT2D eigenvalue weighted by Crippen LogP contribution is -2.51. The van der Waals surface area contributed by atoms with E-state index in [1.807, 2.05) is 6.26 Å². The summed E-state index contributed by atoms with van der Waals surface area (Å²) in [6.45, 7) is 0.576. The lowest BCUT2D eigenvalue weighted by atomic mass is 10.0. The number of benzene rings is 1. The molecule has 7 heteroatoms. The SMILES string of the molecule is CSCCC(NC(=O)c1ccccc1Cl)C(=O)NC1CCCC1CN. The van der Waals surface area contributed by atoms with Crippen molar-refractivity contribution in [2.45, 2.75) is 37.8 Å². The molecule has 0 aromatic heterocycles. The van der Waals surface area contributed by atoms with Crippen molar-refractivity contribution in [3.8, 4) is 0 Å². The van der Waals surface area contributed by atoms with Crippen LogP contribution in [0, 0.1) is 5.92 Å². The molecule has 3 atom stereocenters. The maximum absolute atomic E-state index is 12.7. The normalized spacial score (nSPS) is 20.9. The molecule has 4 N–H and O–H groups in total. The minimum absolute atomic E-state index is 0.103. The van der Waals surface area contributed by atoms with Gasteiger partial charge < -0.3 is 16.4 Å². The molecule has 3 unspecified atom stereocenters. The van der Waals surface area contributed by atoms with E-state index in [1.54, 1.807) is 36.0 Å². The zero-order chi connectivity index (χ0) is 18.2. The molecule has 138 valence electrons. The van der Waals surface area contributed by atoms with E-state index in [2.05, 4.69) is 10.6 Å². The van der Waals surface area contributed by atoms with Crippen LogP contribution in [0.1, 0.15) is 36.0 Å². The van der Waals surface area contributed by atoms with Gasteiger partial charge in [0.05, 0.1) is 10.6 Å². The topological polar surface area (TPSA) is 84.2 Å². The molecular formula is C18H26ClN3O2S. The van der Waals surface area contributed by atoms with Gasteiger partial charge in [0, 0.05) is 6.04 Å². The lowest BCUT2D eigenvalue weighted by Gasteiger charge is -2.24. The van der Waals surface area contributed by atoms with Gasteiger partial charge in [-0.3, -0.25) is 9.59 Å². The van der Waals surface area contributed by atoms with Gasteiger partial charge >= 0.3 is 0 Å². The van der Waals surface area contributed by atoms with Crippen LogP contribution in [0.5, 0.6) is 0 Å². The Balaban J connectivity index is 2.03. The summed E-state index contributed by atoms with van der Waals surface area (Å²) in [5, 5.41) is 6.30. The van der Waals surface area contributed by atoms with Gasteiger partial charge in [-0.25, -0.2) is 0 Å². The first kappa shape index (κ1) is 20.1. The fraction of sp³-hybridized carbons (Fsp3) is 0.556. The molecule has 2 rings (SSSR count). The summed E-state index contributed by atoms with van der Waals surface area (Å²) in [7, 11) is 0. The minimum atomic E-state index is -0.574. The van der Waals surface area contributed by atoms with E-state index in [4.69, 9.17) is 17.3 Å². The van der Waals surface area contributed by atoms with Crippen molar-refractivity contribution in [3.63, 3.8) is 0 Å². The highest BCUT2D eigenvalue weighted by Gasteiger charge is 2.30. The fourth-order valence-corrected chi connectivity index (χ4v) is 3.87. The highest BCUT2D eigenvalue weighted by atomic mass is 35.5. The lowest BCUT2D eigenvalue weighted by molar-refractivity contribution is -0.123. The Morgan fingerprint density at radius 3 is 2.80 bits per heavy atom. The molecule has 1 aromatic rings. The number of carbonyl (C=O) groups is 2. The molecule has 1 saturated carbocycles. The van der Waals surface area contributed by atoms with E-state index in [9.17, 15) is 9.59 Å². The number of rotatable bonds is 8. The average molecular weight is 384 g/mol. The number of nitrogens with two attached hydrogens (primary N) is 1. The molecule has 5 nitrogen and oxygen atoms in total. The van der Waals surface area contributed by atoms with E-state index in [-0.39, 0.29) is 17.9 Å². The van der Waals surface area contributed by atoms with Crippen LogP contribution in [-0.4, -0.2) is 42.5 Å². The number of thioether (sulfide) groups is 1. The molecule has 1 aliphatic carbocycles. The standard InChI is InChI=1S/C18H26ClN3O2S/c1-25-10-9-16(18(24)21-15-8-4-5-12(15)11-20)22-17(23)13-6-2-3-7-14(13)19/h2-3,6-7,12,15-16H,4-5,8-11,20H2,1H3,(H,21,24)(H,22,23). The predicted octanol–water partition coefficient (Wildman–Crippen LogP) is 2.44. The molecule has 2 amide bonds. The first-order valence-corrected chi connectivity index (χ1v) is 10.4. The van der Waals surface area contributed by atoms with Crippen molar-refractivity contribution in [2.75, 3.05) is 18.6 Å². The largest absolute Gasteiger partial charge is 0.351 e. The molecule has 0 saturated heterocycles. The van der Waals surface area contributed by atoms with Gasteiger partial charge in [-0.1, -0.05) is 30.2 Å². The number of amides is 2. The molecule has 0 radical (unpaired) electrons. The van der Waals surface area contributed by atoms with Crippen molar-refractivity contribution in [1.29, 1.82) is 0 Å². The Kier molecular flexibility index (Phi) is 8.06. The summed E-state index contributed by atoms with van der Waals surface area (Å²) in [6.07, 6.45) is 5.62. The second-order valence-corrected chi connectivity index (χ2v) is 7.72. The maximum atomic E-state index is 12.7. The smallest absolute Gasteiger partial charge is 0.253 e. The Bertz CT molecular complexity index is 599. The van der Waals surface area contributed by atoms with Crippen LogP contribution in [0.2, 0.25) is 5.02 Å². The first-order chi connectivity index (χ1) is 12.1. The number of hydrogen-bond acceptors (Lipinski definition) is 4. The molecule has 1 aliphatic rings. The third-order valence-corrected chi connectivity index (χ3v) is 5.61. The van der Waals surface area contributed by atoms with Gasteiger partial charge in [0.25, 0.3) is 5.91 Å². The third-order valence-electron chi connectivity index (χ3n) is 4.64. The van der Waals surface area contributed by atoms with Gasteiger partial charge in [-0.05, 0) is 55.9 Å². The Labute approximate surface area is 158 Å². The number of nitrogens with one attached hydrogen (secondary N) is 2. The summed E-state index contributed by atoms with van der Waals surface area (Å²) in [4.78, 5) is 25.2. The van der Waals surface area contributed by atoms with Crippen LogP contribution in [-0.2, 0) is 4.79 Å². The quantitative estimate of drug-likeness (QED) is 0.643. The molecule has 1 aromatic carbocycles. The zero-order valence-corrected chi connectivity index (χ0v) is 16.0. The predicted molar refractivity (Wildman–Crippen MR) is 104 cm³/mol. The average Bonchev–Trinajstić information content (AvgIpc) is 3.05. The van der Waals surface area contributed by atoms with Crippen LogP contribution >= 0.6 is 23.4 Å². The molecule has 25 heavy (non-hydrogen) atoms. The van der Waals surface area contributed by atoms with E-state index in [1.165, 1.54) is 0 Å². The highest BCUT2D eigenvalue weighted by molar-refractivity contribution is 7.98. The van der Waals surface area contributed by atoms with Gasteiger partial charge in [0.15, 0.2) is 0 Å². The van der Waals surface area contributed by atoms with Crippen LogP contribution in [0.3, 0.4) is 0 Å².